The lowest BCUT2D eigenvalue weighted by Crippen LogP contribution is -2.42. The van der Waals surface area contributed by atoms with Crippen LogP contribution in [0.25, 0.3) is 0 Å². The second-order valence-electron chi connectivity index (χ2n) is 5.27. The SMILES string of the molecule is C[C@@H]1COCCN1Cc1cn(Cc2ccncc2Cl)nn1. The lowest BCUT2D eigenvalue weighted by atomic mass is 10.2. The van der Waals surface area contributed by atoms with Crippen LogP contribution in [0.2, 0.25) is 5.02 Å². The summed E-state index contributed by atoms with van der Waals surface area (Å²) in [5.74, 6) is 0. The average Bonchev–Trinajstić information content (AvgIpc) is 2.91. The van der Waals surface area contributed by atoms with Crippen LogP contribution in [0.3, 0.4) is 0 Å². The first-order valence-corrected chi connectivity index (χ1v) is 7.39. The minimum Gasteiger partial charge on any atom is -0.379 e. The molecule has 0 unspecified atom stereocenters. The third-order valence-electron chi connectivity index (χ3n) is 3.65. The number of aromatic nitrogens is 4. The van der Waals surface area contributed by atoms with Crippen molar-refractivity contribution in [1.82, 2.24) is 24.9 Å². The van der Waals surface area contributed by atoms with Crippen LogP contribution in [0.15, 0.2) is 24.7 Å². The summed E-state index contributed by atoms with van der Waals surface area (Å²) in [6.45, 7) is 6.07. The highest BCUT2D eigenvalue weighted by molar-refractivity contribution is 6.31. The van der Waals surface area contributed by atoms with Crippen molar-refractivity contribution in [3.8, 4) is 0 Å². The molecule has 0 spiro atoms. The molecule has 1 aliphatic heterocycles. The lowest BCUT2D eigenvalue weighted by Gasteiger charge is -2.32. The topological polar surface area (TPSA) is 56.1 Å². The van der Waals surface area contributed by atoms with E-state index in [1.165, 1.54) is 0 Å². The fraction of sp³-hybridized carbons (Fsp3) is 0.500. The van der Waals surface area contributed by atoms with Gasteiger partial charge in [-0.05, 0) is 18.6 Å². The van der Waals surface area contributed by atoms with Crippen molar-refractivity contribution in [3.05, 3.63) is 40.9 Å². The summed E-state index contributed by atoms with van der Waals surface area (Å²) >= 11 is 6.11. The van der Waals surface area contributed by atoms with Gasteiger partial charge in [-0.15, -0.1) is 5.10 Å². The van der Waals surface area contributed by atoms with Gasteiger partial charge in [0.15, 0.2) is 0 Å². The summed E-state index contributed by atoms with van der Waals surface area (Å²) in [4.78, 5) is 6.34. The van der Waals surface area contributed by atoms with Crippen LogP contribution >= 0.6 is 11.6 Å². The van der Waals surface area contributed by atoms with Crippen LogP contribution < -0.4 is 0 Å². The molecule has 2 aromatic heterocycles. The molecule has 0 saturated carbocycles. The fourth-order valence-electron chi connectivity index (χ4n) is 2.40. The van der Waals surface area contributed by atoms with Crippen LogP contribution in [0, 0.1) is 0 Å². The van der Waals surface area contributed by atoms with Crippen LogP contribution in [0.5, 0.6) is 0 Å². The molecule has 3 heterocycles. The zero-order valence-electron chi connectivity index (χ0n) is 11.9. The molecule has 0 amide bonds. The Balaban J connectivity index is 1.65. The van der Waals surface area contributed by atoms with E-state index in [0.29, 0.717) is 17.6 Å². The van der Waals surface area contributed by atoms with E-state index in [1.54, 1.807) is 12.4 Å². The first-order chi connectivity index (χ1) is 10.2. The zero-order chi connectivity index (χ0) is 14.7. The standard InChI is InChI=1S/C14H18ClN5O/c1-11-10-21-5-4-19(11)8-13-9-20(18-17-13)7-12-2-3-16-6-14(12)15/h2-3,6,9,11H,4-5,7-8,10H2,1H3/t11-/m1/s1. The molecular formula is C14H18ClN5O. The van der Waals surface area contributed by atoms with Crippen molar-refractivity contribution < 1.29 is 4.74 Å². The van der Waals surface area contributed by atoms with E-state index < -0.39 is 0 Å². The monoisotopic (exact) mass is 307 g/mol. The number of hydrogen-bond acceptors (Lipinski definition) is 5. The molecule has 21 heavy (non-hydrogen) atoms. The van der Waals surface area contributed by atoms with Crippen LogP contribution in [-0.4, -0.2) is 50.7 Å². The second kappa shape index (κ2) is 6.51. The molecule has 0 aliphatic carbocycles. The second-order valence-corrected chi connectivity index (χ2v) is 5.68. The van der Waals surface area contributed by atoms with Gasteiger partial charge in [-0.1, -0.05) is 16.8 Å². The third kappa shape index (κ3) is 3.58. The quantitative estimate of drug-likeness (QED) is 0.858. The summed E-state index contributed by atoms with van der Waals surface area (Å²) in [5.41, 5.74) is 1.96. The van der Waals surface area contributed by atoms with Crippen molar-refractivity contribution in [3.63, 3.8) is 0 Å². The molecule has 0 aromatic carbocycles. The number of halogens is 1. The predicted octanol–water partition coefficient (Wildman–Crippen LogP) is 1.60. The summed E-state index contributed by atoms with van der Waals surface area (Å²) in [6, 6.07) is 2.31. The van der Waals surface area contributed by atoms with Gasteiger partial charge in [0.1, 0.15) is 0 Å². The van der Waals surface area contributed by atoms with E-state index in [2.05, 4.69) is 27.1 Å². The summed E-state index contributed by atoms with van der Waals surface area (Å²) in [5, 5.41) is 9.06. The first kappa shape index (κ1) is 14.4. The van der Waals surface area contributed by atoms with Gasteiger partial charge >= 0.3 is 0 Å². The Morgan fingerprint density at radius 3 is 3.14 bits per heavy atom. The van der Waals surface area contributed by atoms with E-state index >= 15 is 0 Å². The van der Waals surface area contributed by atoms with E-state index in [9.17, 15) is 0 Å². The maximum absolute atomic E-state index is 6.11. The highest BCUT2D eigenvalue weighted by Crippen LogP contribution is 2.15. The number of hydrogen-bond donors (Lipinski definition) is 0. The number of rotatable bonds is 4. The number of ether oxygens (including phenoxy) is 1. The van der Waals surface area contributed by atoms with Gasteiger partial charge < -0.3 is 4.74 Å². The largest absolute Gasteiger partial charge is 0.379 e. The highest BCUT2D eigenvalue weighted by atomic mass is 35.5. The Labute approximate surface area is 128 Å². The summed E-state index contributed by atoms with van der Waals surface area (Å²) < 4.78 is 7.25. The molecule has 1 fully saturated rings. The first-order valence-electron chi connectivity index (χ1n) is 7.01. The summed E-state index contributed by atoms with van der Waals surface area (Å²) in [7, 11) is 0. The average molecular weight is 308 g/mol. The Morgan fingerprint density at radius 1 is 1.43 bits per heavy atom. The molecule has 1 saturated heterocycles. The Bertz CT molecular complexity index is 603. The lowest BCUT2D eigenvalue weighted by molar-refractivity contribution is -0.00492. The minimum absolute atomic E-state index is 0.415. The van der Waals surface area contributed by atoms with Crippen molar-refractivity contribution in [1.29, 1.82) is 0 Å². The van der Waals surface area contributed by atoms with Gasteiger partial charge in [0.2, 0.25) is 0 Å². The molecule has 7 heteroatoms. The molecule has 2 aromatic rings. The molecule has 0 bridgehead atoms. The minimum atomic E-state index is 0.415. The van der Waals surface area contributed by atoms with Gasteiger partial charge in [-0.3, -0.25) is 9.88 Å². The van der Waals surface area contributed by atoms with E-state index in [1.807, 2.05) is 16.9 Å². The molecule has 112 valence electrons. The fourth-order valence-corrected chi connectivity index (χ4v) is 2.58. The van der Waals surface area contributed by atoms with E-state index in [0.717, 1.165) is 37.6 Å². The summed E-state index contributed by atoms with van der Waals surface area (Å²) in [6.07, 6.45) is 5.34. The molecule has 3 rings (SSSR count). The van der Waals surface area contributed by atoms with E-state index in [-0.39, 0.29) is 0 Å². The normalized spacial score (nSPS) is 19.8. The molecule has 0 N–H and O–H groups in total. The van der Waals surface area contributed by atoms with Gasteiger partial charge in [-0.25, -0.2) is 4.68 Å². The van der Waals surface area contributed by atoms with Crippen molar-refractivity contribution in [2.75, 3.05) is 19.8 Å². The van der Waals surface area contributed by atoms with Crippen molar-refractivity contribution in [2.45, 2.75) is 26.1 Å². The molecular weight excluding hydrogens is 290 g/mol. The maximum atomic E-state index is 6.11. The molecule has 0 radical (unpaired) electrons. The zero-order valence-corrected chi connectivity index (χ0v) is 12.7. The molecule has 1 atom stereocenters. The Morgan fingerprint density at radius 2 is 2.33 bits per heavy atom. The third-order valence-corrected chi connectivity index (χ3v) is 3.99. The maximum Gasteiger partial charge on any atom is 0.0967 e. The highest BCUT2D eigenvalue weighted by Gasteiger charge is 2.19. The smallest absolute Gasteiger partial charge is 0.0967 e. The Hall–Kier alpha value is -1.50. The molecule has 6 nitrogen and oxygen atoms in total. The van der Waals surface area contributed by atoms with Gasteiger partial charge in [0.05, 0.1) is 36.7 Å². The number of nitrogens with zero attached hydrogens (tertiary/aromatic N) is 5. The van der Waals surface area contributed by atoms with Gasteiger partial charge in [0.25, 0.3) is 0 Å². The predicted molar refractivity (Wildman–Crippen MR) is 79.1 cm³/mol. The number of pyridine rings is 1. The van der Waals surface area contributed by atoms with Crippen molar-refractivity contribution in [2.24, 2.45) is 0 Å². The number of morpholine rings is 1. The Kier molecular flexibility index (Phi) is 4.48. The van der Waals surface area contributed by atoms with Gasteiger partial charge in [0, 0.05) is 31.5 Å². The van der Waals surface area contributed by atoms with E-state index in [4.69, 9.17) is 16.3 Å². The van der Waals surface area contributed by atoms with Crippen LogP contribution in [0.1, 0.15) is 18.2 Å². The van der Waals surface area contributed by atoms with Gasteiger partial charge in [-0.2, -0.15) is 0 Å². The molecule has 1 aliphatic rings. The van der Waals surface area contributed by atoms with Crippen molar-refractivity contribution >= 4 is 11.6 Å². The van der Waals surface area contributed by atoms with Crippen LogP contribution in [-0.2, 0) is 17.8 Å². The van der Waals surface area contributed by atoms with Crippen LogP contribution in [0.4, 0.5) is 0 Å².